The molecule has 182 valence electrons. The lowest BCUT2D eigenvalue weighted by Crippen LogP contribution is -2.35. The normalized spacial score (nSPS) is 17.6. The Morgan fingerprint density at radius 3 is 2.35 bits per heavy atom. The molecule has 2 N–H and O–H groups in total. The summed E-state index contributed by atoms with van der Waals surface area (Å²) in [5, 5.41) is 21.6. The Labute approximate surface area is 200 Å². The number of benzene rings is 2. The zero-order chi connectivity index (χ0) is 25.2. The van der Waals surface area contributed by atoms with E-state index in [0.717, 1.165) is 5.56 Å². The van der Waals surface area contributed by atoms with E-state index in [1.807, 2.05) is 39.8 Å². The molecule has 34 heavy (non-hydrogen) atoms. The maximum Gasteiger partial charge on any atom is 0.295 e. The van der Waals surface area contributed by atoms with Gasteiger partial charge in [-0.05, 0) is 76.3 Å². The van der Waals surface area contributed by atoms with Gasteiger partial charge >= 0.3 is 0 Å². The maximum atomic E-state index is 13.1. The highest BCUT2D eigenvalue weighted by Gasteiger charge is 2.46. The first-order valence-corrected chi connectivity index (χ1v) is 11.1. The molecule has 1 unspecified atom stereocenters. The minimum absolute atomic E-state index is 0.0112. The molecule has 1 atom stereocenters. The molecule has 0 saturated carbocycles. The van der Waals surface area contributed by atoms with Crippen LogP contribution in [0.5, 0.6) is 17.2 Å². The maximum absolute atomic E-state index is 13.1. The van der Waals surface area contributed by atoms with E-state index in [9.17, 15) is 19.8 Å². The molecule has 0 aliphatic carbocycles. The predicted octanol–water partition coefficient (Wildman–Crippen LogP) is 3.48. The second kappa shape index (κ2) is 10.2. The average molecular weight is 469 g/mol. The number of aliphatic hydroxyl groups excluding tert-OH is 1. The monoisotopic (exact) mass is 468 g/mol. The van der Waals surface area contributed by atoms with Gasteiger partial charge in [0.15, 0.2) is 11.5 Å². The van der Waals surface area contributed by atoms with Crippen LogP contribution in [0.2, 0.25) is 0 Å². The lowest BCUT2D eigenvalue weighted by Gasteiger charge is -2.27. The van der Waals surface area contributed by atoms with Gasteiger partial charge in [-0.15, -0.1) is 0 Å². The Balaban J connectivity index is 2.14. The van der Waals surface area contributed by atoms with Gasteiger partial charge in [0.2, 0.25) is 0 Å². The van der Waals surface area contributed by atoms with E-state index in [4.69, 9.17) is 9.47 Å². The van der Waals surface area contributed by atoms with E-state index in [-0.39, 0.29) is 35.5 Å². The predicted molar refractivity (Wildman–Crippen MR) is 129 cm³/mol. The third-order valence-corrected chi connectivity index (χ3v) is 5.66. The second-order valence-corrected chi connectivity index (χ2v) is 8.87. The summed E-state index contributed by atoms with van der Waals surface area (Å²) in [6, 6.07) is 8.97. The van der Waals surface area contributed by atoms with Gasteiger partial charge < -0.3 is 29.5 Å². The average Bonchev–Trinajstić information content (AvgIpc) is 3.02. The molecule has 2 aromatic carbocycles. The molecular formula is C26H32N2O6. The molecule has 3 rings (SSSR count). The topological polar surface area (TPSA) is 99.5 Å². The number of phenolic OH excluding ortho intramolecular Hbond substituents is 1. The second-order valence-electron chi connectivity index (χ2n) is 8.87. The standard InChI is InChI=1S/C26H32N2O6/c1-15(2)34-20-9-8-18(13-16(20)3)24(30)22-23(17-7-10-21(33-6)19(29)14-17)28(12-11-27(4)5)26(32)25(22)31/h7-10,13-15,23,29-30H,11-12H2,1-6H3/b24-22-. The van der Waals surface area contributed by atoms with Crippen LogP contribution in [0, 0.1) is 6.92 Å². The number of amides is 1. The SMILES string of the molecule is COc1ccc(C2/C(=C(/O)c3ccc(OC(C)C)c(C)c3)C(=O)C(=O)N2CCN(C)C)cc1O. The molecule has 1 amide bonds. The van der Waals surface area contributed by atoms with Crippen molar-refractivity contribution in [1.29, 1.82) is 0 Å². The molecule has 1 fully saturated rings. The number of aryl methyl sites for hydroxylation is 1. The number of ketones is 1. The lowest BCUT2D eigenvalue weighted by molar-refractivity contribution is -0.140. The summed E-state index contributed by atoms with van der Waals surface area (Å²) >= 11 is 0. The largest absolute Gasteiger partial charge is 0.507 e. The number of aliphatic hydroxyl groups is 1. The molecule has 2 aromatic rings. The molecule has 0 aromatic heterocycles. The quantitative estimate of drug-likeness (QED) is 0.348. The molecule has 1 aliphatic rings. The first-order valence-electron chi connectivity index (χ1n) is 11.1. The number of hydrogen-bond acceptors (Lipinski definition) is 7. The number of methoxy groups -OCH3 is 1. The van der Waals surface area contributed by atoms with Gasteiger partial charge in [0.05, 0.1) is 24.8 Å². The van der Waals surface area contributed by atoms with Crippen molar-refractivity contribution in [2.75, 3.05) is 34.3 Å². The highest BCUT2D eigenvalue weighted by Crippen LogP contribution is 2.42. The molecule has 0 bridgehead atoms. The van der Waals surface area contributed by atoms with Crippen molar-refractivity contribution >= 4 is 17.4 Å². The van der Waals surface area contributed by atoms with E-state index < -0.39 is 17.7 Å². The number of rotatable bonds is 8. The van der Waals surface area contributed by atoms with Crippen LogP contribution in [0.25, 0.3) is 5.76 Å². The number of aromatic hydroxyl groups is 1. The summed E-state index contributed by atoms with van der Waals surface area (Å²) in [5.74, 6) is -0.911. The van der Waals surface area contributed by atoms with Gasteiger partial charge in [-0.2, -0.15) is 0 Å². The van der Waals surface area contributed by atoms with E-state index in [1.165, 1.54) is 18.1 Å². The summed E-state index contributed by atoms with van der Waals surface area (Å²) in [4.78, 5) is 29.5. The minimum atomic E-state index is -0.858. The van der Waals surface area contributed by atoms with Crippen LogP contribution in [0.4, 0.5) is 0 Å². The number of carbonyl (C=O) groups is 2. The number of ether oxygens (including phenoxy) is 2. The first-order chi connectivity index (χ1) is 16.0. The van der Waals surface area contributed by atoms with Crippen LogP contribution < -0.4 is 9.47 Å². The van der Waals surface area contributed by atoms with Crippen LogP contribution in [-0.2, 0) is 9.59 Å². The Kier molecular flexibility index (Phi) is 7.51. The molecule has 1 aliphatic heterocycles. The van der Waals surface area contributed by atoms with Crippen LogP contribution in [-0.4, -0.2) is 72.1 Å². The Morgan fingerprint density at radius 1 is 1.12 bits per heavy atom. The van der Waals surface area contributed by atoms with Gasteiger partial charge in [0.1, 0.15) is 11.5 Å². The smallest absolute Gasteiger partial charge is 0.295 e. The van der Waals surface area contributed by atoms with Crippen molar-refractivity contribution in [3.8, 4) is 17.2 Å². The Bertz CT molecular complexity index is 1120. The highest BCUT2D eigenvalue weighted by molar-refractivity contribution is 6.46. The summed E-state index contributed by atoms with van der Waals surface area (Å²) in [6.07, 6.45) is -0.0112. The van der Waals surface area contributed by atoms with Crippen LogP contribution in [0.1, 0.15) is 36.6 Å². The van der Waals surface area contributed by atoms with E-state index >= 15 is 0 Å². The van der Waals surface area contributed by atoms with E-state index in [2.05, 4.69) is 0 Å². The van der Waals surface area contributed by atoms with Crippen molar-refractivity contribution < 1.29 is 29.3 Å². The molecule has 0 spiro atoms. The number of nitrogens with zero attached hydrogens (tertiary/aromatic N) is 2. The number of Topliss-reactive ketones (excluding diaryl/α,β-unsaturated/α-hetero) is 1. The molecule has 0 radical (unpaired) electrons. The van der Waals surface area contributed by atoms with Gasteiger partial charge in [-0.25, -0.2) is 0 Å². The van der Waals surface area contributed by atoms with Gasteiger partial charge in [-0.3, -0.25) is 9.59 Å². The highest BCUT2D eigenvalue weighted by atomic mass is 16.5. The Hall–Kier alpha value is -3.52. The number of likely N-dealkylation sites (tertiary alicyclic amines) is 1. The van der Waals surface area contributed by atoms with Crippen LogP contribution in [0.3, 0.4) is 0 Å². The molecule has 1 heterocycles. The fourth-order valence-corrected chi connectivity index (χ4v) is 3.98. The summed E-state index contributed by atoms with van der Waals surface area (Å²) in [5.41, 5.74) is 1.67. The molecule has 8 nitrogen and oxygen atoms in total. The minimum Gasteiger partial charge on any atom is -0.507 e. The number of likely N-dealkylation sites (N-methyl/N-ethyl adjacent to an activating group) is 1. The van der Waals surface area contributed by atoms with Crippen molar-refractivity contribution in [2.45, 2.75) is 32.9 Å². The lowest BCUT2D eigenvalue weighted by atomic mass is 9.94. The van der Waals surface area contributed by atoms with Crippen molar-refractivity contribution in [1.82, 2.24) is 9.80 Å². The summed E-state index contributed by atoms with van der Waals surface area (Å²) in [6.45, 7) is 6.49. The third-order valence-electron chi connectivity index (χ3n) is 5.66. The number of hydrogen-bond donors (Lipinski definition) is 2. The van der Waals surface area contributed by atoms with Crippen LogP contribution in [0.15, 0.2) is 42.0 Å². The van der Waals surface area contributed by atoms with Gasteiger partial charge in [0.25, 0.3) is 11.7 Å². The fourth-order valence-electron chi connectivity index (χ4n) is 3.98. The molecule has 8 heteroatoms. The fraction of sp³-hybridized carbons (Fsp3) is 0.385. The number of phenols is 1. The molecule has 1 saturated heterocycles. The summed E-state index contributed by atoms with van der Waals surface area (Å²) in [7, 11) is 5.18. The van der Waals surface area contributed by atoms with Gasteiger partial charge in [0, 0.05) is 18.7 Å². The zero-order valence-electron chi connectivity index (χ0n) is 20.5. The zero-order valence-corrected chi connectivity index (χ0v) is 20.5. The summed E-state index contributed by atoms with van der Waals surface area (Å²) < 4.78 is 10.9. The first kappa shape index (κ1) is 25.1. The van der Waals surface area contributed by atoms with Crippen molar-refractivity contribution in [3.05, 3.63) is 58.7 Å². The van der Waals surface area contributed by atoms with Crippen LogP contribution >= 0.6 is 0 Å². The van der Waals surface area contributed by atoms with Crippen molar-refractivity contribution in [3.63, 3.8) is 0 Å². The van der Waals surface area contributed by atoms with E-state index in [1.54, 1.807) is 30.3 Å². The van der Waals surface area contributed by atoms with Crippen molar-refractivity contribution in [2.24, 2.45) is 0 Å². The van der Waals surface area contributed by atoms with Gasteiger partial charge in [-0.1, -0.05) is 6.07 Å². The number of carbonyl (C=O) groups excluding carboxylic acids is 2. The van der Waals surface area contributed by atoms with E-state index in [0.29, 0.717) is 23.4 Å². The molecular weight excluding hydrogens is 436 g/mol. The Morgan fingerprint density at radius 2 is 1.79 bits per heavy atom. The third kappa shape index (κ3) is 5.02.